The van der Waals surface area contributed by atoms with Crippen LogP contribution in [0.3, 0.4) is 0 Å². The van der Waals surface area contributed by atoms with Crippen LogP contribution in [0.2, 0.25) is 0 Å². The molecule has 3 aliphatic rings. The third-order valence-electron chi connectivity index (χ3n) is 5.29. The molecule has 0 aromatic carbocycles. The number of rotatable bonds is 4. The first kappa shape index (κ1) is 12.9. The van der Waals surface area contributed by atoms with Crippen LogP contribution in [-0.4, -0.2) is 35.0 Å². The van der Waals surface area contributed by atoms with Crippen molar-refractivity contribution >= 4 is 11.9 Å². The van der Waals surface area contributed by atoms with E-state index in [0.29, 0.717) is 17.7 Å². The molecule has 0 aromatic rings. The number of hydrogen-bond donors (Lipinski definition) is 1. The Bertz CT molecular complexity index is 364. The van der Waals surface area contributed by atoms with E-state index in [9.17, 15) is 9.59 Å². The molecule has 2 atom stereocenters. The molecule has 2 unspecified atom stereocenters. The minimum atomic E-state index is -0.705. The van der Waals surface area contributed by atoms with Gasteiger partial charge in [0.2, 0.25) is 5.91 Å². The average Bonchev–Trinajstić information content (AvgIpc) is 3.03. The van der Waals surface area contributed by atoms with Crippen molar-refractivity contribution in [3.05, 3.63) is 0 Å². The highest BCUT2D eigenvalue weighted by molar-refractivity contribution is 5.79. The van der Waals surface area contributed by atoms with Crippen LogP contribution in [0.15, 0.2) is 0 Å². The number of piperidine rings is 1. The molecule has 2 aliphatic carbocycles. The van der Waals surface area contributed by atoms with Gasteiger partial charge in [0, 0.05) is 25.4 Å². The summed E-state index contributed by atoms with van der Waals surface area (Å²) in [7, 11) is 0. The number of carboxylic acids is 1. The lowest BCUT2D eigenvalue weighted by atomic mass is 9.91. The molecule has 2 saturated carbocycles. The molecular weight excluding hydrogens is 242 g/mol. The lowest BCUT2D eigenvalue weighted by Crippen LogP contribution is -2.41. The van der Waals surface area contributed by atoms with Gasteiger partial charge in [-0.05, 0) is 56.3 Å². The second kappa shape index (κ2) is 5.14. The summed E-state index contributed by atoms with van der Waals surface area (Å²) in [5.41, 5.74) is 0. The Morgan fingerprint density at radius 2 is 1.68 bits per heavy atom. The average molecular weight is 265 g/mol. The molecule has 4 nitrogen and oxygen atoms in total. The molecule has 0 bridgehead atoms. The third kappa shape index (κ3) is 2.93. The molecule has 1 N–H and O–H groups in total. The van der Waals surface area contributed by atoms with Crippen molar-refractivity contribution in [2.45, 2.75) is 44.9 Å². The molecule has 1 heterocycles. The monoisotopic (exact) mass is 265 g/mol. The first-order valence-electron chi connectivity index (χ1n) is 7.64. The lowest BCUT2D eigenvalue weighted by Gasteiger charge is -2.33. The predicted molar refractivity (Wildman–Crippen MR) is 70.5 cm³/mol. The van der Waals surface area contributed by atoms with E-state index in [4.69, 9.17) is 5.11 Å². The Morgan fingerprint density at radius 1 is 1.05 bits per heavy atom. The van der Waals surface area contributed by atoms with Gasteiger partial charge in [-0.1, -0.05) is 0 Å². The van der Waals surface area contributed by atoms with Gasteiger partial charge in [-0.2, -0.15) is 0 Å². The molecule has 1 saturated heterocycles. The summed E-state index contributed by atoms with van der Waals surface area (Å²) in [6.07, 6.45) is 6.62. The van der Waals surface area contributed by atoms with E-state index >= 15 is 0 Å². The van der Waals surface area contributed by atoms with Gasteiger partial charge < -0.3 is 10.0 Å². The van der Waals surface area contributed by atoms with Crippen LogP contribution in [0.4, 0.5) is 0 Å². The maximum Gasteiger partial charge on any atom is 0.303 e. The van der Waals surface area contributed by atoms with Crippen molar-refractivity contribution in [1.82, 2.24) is 4.90 Å². The standard InChI is InChI=1S/C15H23NO3/c17-14(18)2-1-10-3-5-16(6-4-10)15(19)13-8-11-7-12(11)9-13/h10-13H,1-9H2,(H,17,18). The van der Waals surface area contributed by atoms with Gasteiger partial charge in [-0.25, -0.2) is 0 Å². The summed E-state index contributed by atoms with van der Waals surface area (Å²) >= 11 is 0. The smallest absolute Gasteiger partial charge is 0.303 e. The summed E-state index contributed by atoms with van der Waals surface area (Å²) in [6.45, 7) is 1.68. The van der Waals surface area contributed by atoms with Gasteiger partial charge >= 0.3 is 5.97 Å². The van der Waals surface area contributed by atoms with Crippen molar-refractivity contribution in [3.63, 3.8) is 0 Å². The number of hydrogen-bond acceptors (Lipinski definition) is 2. The van der Waals surface area contributed by atoms with Crippen LogP contribution in [0.25, 0.3) is 0 Å². The fourth-order valence-electron chi connectivity index (χ4n) is 3.94. The van der Waals surface area contributed by atoms with E-state index in [0.717, 1.165) is 57.0 Å². The quantitative estimate of drug-likeness (QED) is 0.847. The van der Waals surface area contributed by atoms with E-state index in [2.05, 4.69) is 0 Å². The third-order valence-corrected chi connectivity index (χ3v) is 5.29. The van der Waals surface area contributed by atoms with Crippen LogP contribution in [0.1, 0.15) is 44.9 Å². The molecule has 3 rings (SSSR count). The molecular formula is C15H23NO3. The molecule has 3 fully saturated rings. The van der Waals surface area contributed by atoms with Crippen molar-refractivity contribution in [1.29, 1.82) is 0 Å². The molecule has 4 heteroatoms. The number of carboxylic acid groups (broad SMARTS) is 1. The minimum absolute atomic E-state index is 0.268. The maximum absolute atomic E-state index is 12.4. The SMILES string of the molecule is O=C(O)CCC1CCN(C(=O)C2CC3CC3C2)CC1. The zero-order valence-corrected chi connectivity index (χ0v) is 11.4. The van der Waals surface area contributed by atoms with Crippen molar-refractivity contribution in [2.24, 2.45) is 23.7 Å². The molecule has 1 aliphatic heterocycles. The summed E-state index contributed by atoms with van der Waals surface area (Å²) in [4.78, 5) is 25.0. The Kier molecular flexibility index (Phi) is 3.50. The van der Waals surface area contributed by atoms with Crippen LogP contribution >= 0.6 is 0 Å². The summed E-state index contributed by atoms with van der Waals surface area (Å²) in [5, 5.41) is 8.69. The van der Waals surface area contributed by atoms with E-state index in [1.165, 1.54) is 6.42 Å². The molecule has 0 spiro atoms. The number of amides is 1. The van der Waals surface area contributed by atoms with Crippen LogP contribution in [-0.2, 0) is 9.59 Å². The van der Waals surface area contributed by atoms with Gasteiger partial charge in [-0.3, -0.25) is 9.59 Å². The molecule has 0 aromatic heterocycles. The number of aliphatic carboxylic acids is 1. The highest BCUT2D eigenvalue weighted by Gasteiger charge is 2.48. The van der Waals surface area contributed by atoms with Crippen molar-refractivity contribution < 1.29 is 14.7 Å². The number of likely N-dealkylation sites (tertiary alicyclic amines) is 1. The Balaban J connectivity index is 1.42. The number of carbonyl (C=O) groups is 2. The second-order valence-electron chi connectivity index (χ2n) is 6.63. The zero-order chi connectivity index (χ0) is 13.4. The van der Waals surface area contributed by atoms with Crippen LogP contribution in [0, 0.1) is 23.7 Å². The normalized spacial score (nSPS) is 34.1. The van der Waals surface area contributed by atoms with E-state index in [-0.39, 0.29) is 6.42 Å². The van der Waals surface area contributed by atoms with Gasteiger partial charge in [0.1, 0.15) is 0 Å². The van der Waals surface area contributed by atoms with Gasteiger partial charge in [0.25, 0.3) is 0 Å². The molecule has 19 heavy (non-hydrogen) atoms. The highest BCUT2D eigenvalue weighted by atomic mass is 16.4. The van der Waals surface area contributed by atoms with E-state index in [1.807, 2.05) is 4.90 Å². The summed E-state index contributed by atoms with van der Waals surface area (Å²) < 4.78 is 0. The Morgan fingerprint density at radius 3 is 2.26 bits per heavy atom. The van der Waals surface area contributed by atoms with Crippen LogP contribution in [0.5, 0.6) is 0 Å². The molecule has 1 amide bonds. The van der Waals surface area contributed by atoms with Crippen molar-refractivity contribution in [3.8, 4) is 0 Å². The van der Waals surface area contributed by atoms with Crippen molar-refractivity contribution in [2.75, 3.05) is 13.1 Å². The predicted octanol–water partition coefficient (Wildman–Crippen LogP) is 2.14. The summed E-state index contributed by atoms with van der Waals surface area (Å²) in [5.74, 6) is 2.20. The fraction of sp³-hybridized carbons (Fsp3) is 0.867. The topological polar surface area (TPSA) is 57.6 Å². The number of nitrogens with zero attached hydrogens (tertiary/aromatic N) is 1. The summed E-state index contributed by atoms with van der Waals surface area (Å²) in [6, 6.07) is 0. The Hall–Kier alpha value is -1.06. The number of fused-ring (bicyclic) bond motifs is 1. The molecule has 106 valence electrons. The lowest BCUT2D eigenvalue weighted by molar-refractivity contribution is -0.139. The van der Waals surface area contributed by atoms with Gasteiger partial charge in [-0.15, -0.1) is 0 Å². The van der Waals surface area contributed by atoms with Gasteiger partial charge in [0.15, 0.2) is 0 Å². The first-order valence-corrected chi connectivity index (χ1v) is 7.64. The van der Waals surface area contributed by atoms with Gasteiger partial charge in [0.05, 0.1) is 0 Å². The van der Waals surface area contributed by atoms with E-state index in [1.54, 1.807) is 0 Å². The van der Waals surface area contributed by atoms with E-state index < -0.39 is 5.97 Å². The molecule has 0 radical (unpaired) electrons. The fourth-order valence-corrected chi connectivity index (χ4v) is 3.94. The largest absolute Gasteiger partial charge is 0.481 e. The number of carbonyl (C=O) groups excluding carboxylic acids is 1. The maximum atomic E-state index is 12.4. The Labute approximate surface area is 114 Å². The van der Waals surface area contributed by atoms with Crippen LogP contribution < -0.4 is 0 Å². The minimum Gasteiger partial charge on any atom is -0.481 e. The highest BCUT2D eigenvalue weighted by Crippen LogP contribution is 2.54. The zero-order valence-electron chi connectivity index (χ0n) is 11.4. The first-order chi connectivity index (χ1) is 9.13. The second-order valence-corrected chi connectivity index (χ2v) is 6.63.